The van der Waals surface area contributed by atoms with Gasteiger partial charge in [-0.2, -0.15) is 0 Å². The second kappa shape index (κ2) is 5.04. The van der Waals surface area contributed by atoms with E-state index in [1.807, 2.05) is 0 Å². The molecule has 0 saturated heterocycles. The van der Waals surface area contributed by atoms with Crippen molar-refractivity contribution in [1.82, 2.24) is 0 Å². The molecule has 94 valence electrons. The summed E-state index contributed by atoms with van der Waals surface area (Å²) in [6.07, 6.45) is 0. The minimum atomic E-state index is -0.650. The van der Waals surface area contributed by atoms with Gasteiger partial charge in [0.05, 0.1) is 11.1 Å². The molecule has 0 aliphatic heterocycles. The molecule has 0 radical (unpaired) electrons. The van der Waals surface area contributed by atoms with Gasteiger partial charge >= 0.3 is 0 Å². The Labute approximate surface area is 109 Å². The van der Waals surface area contributed by atoms with Crippen molar-refractivity contribution in [1.29, 1.82) is 0 Å². The second-order valence-electron chi connectivity index (χ2n) is 4.13. The number of hydrogen-bond donors (Lipinski definition) is 1. The number of rotatable bonds is 2. The number of halogens is 3. The quantitative estimate of drug-likeness (QED) is 0.875. The van der Waals surface area contributed by atoms with Crippen LogP contribution in [0, 0.1) is 18.6 Å². The van der Waals surface area contributed by atoms with E-state index < -0.39 is 11.9 Å². The van der Waals surface area contributed by atoms with E-state index in [-0.39, 0.29) is 10.8 Å². The molecule has 4 heteroatoms. The summed E-state index contributed by atoms with van der Waals surface area (Å²) in [5.74, 6) is -0.868. The van der Waals surface area contributed by atoms with E-state index in [1.54, 1.807) is 25.1 Å². The Hall–Kier alpha value is -1.45. The average molecular weight is 268 g/mol. The molecule has 0 aromatic heterocycles. The molecule has 18 heavy (non-hydrogen) atoms. The molecule has 0 amide bonds. The van der Waals surface area contributed by atoms with Crippen molar-refractivity contribution in [3.05, 3.63) is 69.7 Å². The molecule has 0 saturated carbocycles. The maximum absolute atomic E-state index is 13.5. The molecule has 2 aromatic carbocycles. The predicted molar refractivity (Wildman–Crippen MR) is 68.6 cm³/mol. The Morgan fingerprint density at radius 1 is 1.11 bits per heavy atom. The molecule has 1 atom stereocenters. The summed E-state index contributed by atoms with van der Waals surface area (Å²) in [4.78, 5) is 0. The highest BCUT2D eigenvalue weighted by molar-refractivity contribution is 6.31. The van der Waals surface area contributed by atoms with Gasteiger partial charge in [0.15, 0.2) is 0 Å². The molecular formula is C14H12ClF2N. The molecular weight excluding hydrogens is 256 g/mol. The highest BCUT2D eigenvalue weighted by Gasteiger charge is 2.15. The van der Waals surface area contributed by atoms with Gasteiger partial charge in [0, 0.05) is 0 Å². The lowest BCUT2D eigenvalue weighted by Crippen LogP contribution is -2.13. The van der Waals surface area contributed by atoms with Gasteiger partial charge in [-0.05, 0) is 35.7 Å². The van der Waals surface area contributed by atoms with Crippen LogP contribution in [0.4, 0.5) is 8.78 Å². The van der Waals surface area contributed by atoms with Crippen molar-refractivity contribution in [3.8, 4) is 0 Å². The summed E-state index contributed by atoms with van der Waals surface area (Å²) in [7, 11) is 0. The first-order valence-electron chi connectivity index (χ1n) is 5.46. The Morgan fingerprint density at radius 2 is 1.83 bits per heavy atom. The smallest absolute Gasteiger partial charge is 0.142 e. The number of aryl methyl sites for hydroxylation is 1. The van der Waals surface area contributed by atoms with Gasteiger partial charge in [0.25, 0.3) is 0 Å². The maximum atomic E-state index is 13.5. The fourth-order valence-corrected chi connectivity index (χ4v) is 1.99. The van der Waals surface area contributed by atoms with Crippen LogP contribution in [-0.4, -0.2) is 0 Å². The second-order valence-corrected chi connectivity index (χ2v) is 4.51. The van der Waals surface area contributed by atoms with Crippen molar-refractivity contribution in [2.45, 2.75) is 13.0 Å². The zero-order chi connectivity index (χ0) is 13.3. The molecule has 0 heterocycles. The molecule has 0 aliphatic rings. The lowest BCUT2D eigenvalue weighted by atomic mass is 9.98. The summed E-state index contributed by atoms with van der Waals surface area (Å²) >= 11 is 5.86. The summed E-state index contributed by atoms with van der Waals surface area (Å²) in [6.45, 7) is 1.67. The third-order valence-electron chi connectivity index (χ3n) is 2.87. The van der Waals surface area contributed by atoms with Crippen molar-refractivity contribution in [2.75, 3.05) is 0 Å². The number of benzene rings is 2. The molecule has 2 aromatic rings. The third kappa shape index (κ3) is 2.37. The van der Waals surface area contributed by atoms with E-state index in [0.717, 1.165) is 0 Å². The first-order chi connectivity index (χ1) is 8.50. The molecule has 2 rings (SSSR count). The van der Waals surface area contributed by atoms with E-state index in [0.29, 0.717) is 16.7 Å². The lowest BCUT2D eigenvalue weighted by Gasteiger charge is -2.15. The van der Waals surface area contributed by atoms with Crippen LogP contribution in [-0.2, 0) is 0 Å². The Kier molecular flexibility index (Phi) is 3.64. The van der Waals surface area contributed by atoms with Crippen LogP contribution >= 0.6 is 11.6 Å². The topological polar surface area (TPSA) is 26.0 Å². The van der Waals surface area contributed by atoms with Gasteiger partial charge in [-0.25, -0.2) is 8.78 Å². The molecule has 0 fully saturated rings. The van der Waals surface area contributed by atoms with Crippen LogP contribution in [0.5, 0.6) is 0 Å². The first kappa shape index (κ1) is 13.0. The van der Waals surface area contributed by atoms with Gasteiger partial charge in [0.1, 0.15) is 11.6 Å². The molecule has 0 spiro atoms. The normalized spacial score (nSPS) is 12.5. The summed E-state index contributed by atoms with van der Waals surface area (Å²) in [5, 5.41) is -0.0222. The van der Waals surface area contributed by atoms with Gasteiger partial charge < -0.3 is 5.73 Å². The third-order valence-corrected chi connectivity index (χ3v) is 3.27. The van der Waals surface area contributed by atoms with Crippen LogP contribution in [0.2, 0.25) is 5.02 Å². The molecule has 1 unspecified atom stereocenters. The van der Waals surface area contributed by atoms with Gasteiger partial charge in [-0.3, -0.25) is 0 Å². The van der Waals surface area contributed by atoms with Crippen molar-refractivity contribution in [2.24, 2.45) is 5.73 Å². The minimum absolute atomic E-state index is 0.0222. The Morgan fingerprint density at radius 3 is 2.50 bits per heavy atom. The fourth-order valence-electron chi connectivity index (χ4n) is 1.74. The first-order valence-corrected chi connectivity index (χ1v) is 5.84. The standard InChI is InChI=1S/C14H12ClF2N/c1-8-5-6-9(7-12(8)17)14(18)10-3-2-4-11(16)13(10)15/h2-7,14H,18H2,1H3. The van der Waals surface area contributed by atoms with E-state index in [1.165, 1.54) is 18.2 Å². The van der Waals surface area contributed by atoms with Crippen molar-refractivity contribution < 1.29 is 8.78 Å². The number of hydrogen-bond acceptors (Lipinski definition) is 1. The molecule has 0 aliphatic carbocycles. The summed E-state index contributed by atoms with van der Waals surface area (Å²) in [5.41, 5.74) is 7.53. The van der Waals surface area contributed by atoms with E-state index in [4.69, 9.17) is 17.3 Å². The number of nitrogens with two attached hydrogens (primary N) is 1. The van der Waals surface area contributed by atoms with Gasteiger partial charge in [-0.1, -0.05) is 35.9 Å². The van der Waals surface area contributed by atoms with Crippen molar-refractivity contribution >= 4 is 11.6 Å². The average Bonchev–Trinajstić information content (AvgIpc) is 2.35. The molecule has 1 nitrogen and oxygen atoms in total. The zero-order valence-corrected chi connectivity index (χ0v) is 10.5. The van der Waals surface area contributed by atoms with Crippen LogP contribution in [0.25, 0.3) is 0 Å². The van der Waals surface area contributed by atoms with Crippen LogP contribution in [0.3, 0.4) is 0 Å². The highest BCUT2D eigenvalue weighted by Crippen LogP contribution is 2.29. The monoisotopic (exact) mass is 267 g/mol. The molecule has 2 N–H and O–H groups in total. The highest BCUT2D eigenvalue weighted by atomic mass is 35.5. The Balaban J connectivity index is 2.44. The van der Waals surface area contributed by atoms with Crippen LogP contribution in [0.15, 0.2) is 36.4 Å². The summed E-state index contributed by atoms with van der Waals surface area (Å²) in [6, 6.07) is 8.47. The zero-order valence-electron chi connectivity index (χ0n) is 9.75. The van der Waals surface area contributed by atoms with E-state index >= 15 is 0 Å². The lowest BCUT2D eigenvalue weighted by molar-refractivity contribution is 0.613. The van der Waals surface area contributed by atoms with E-state index in [9.17, 15) is 8.78 Å². The fraction of sp³-hybridized carbons (Fsp3) is 0.143. The SMILES string of the molecule is Cc1ccc(C(N)c2cccc(F)c2Cl)cc1F. The largest absolute Gasteiger partial charge is 0.320 e. The minimum Gasteiger partial charge on any atom is -0.320 e. The van der Waals surface area contributed by atoms with Crippen LogP contribution < -0.4 is 5.73 Å². The predicted octanol–water partition coefficient (Wildman–Crippen LogP) is 3.97. The van der Waals surface area contributed by atoms with Crippen molar-refractivity contribution in [3.63, 3.8) is 0 Å². The van der Waals surface area contributed by atoms with Gasteiger partial charge in [0.2, 0.25) is 0 Å². The van der Waals surface area contributed by atoms with Gasteiger partial charge in [-0.15, -0.1) is 0 Å². The van der Waals surface area contributed by atoms with E-state index in [2.05, 4.69) is 0 Å². The summed E-state index contributed by atoms with van der Waals surface area (Å²) < 4.78 is 26.8. The Bertz CT molecular complexity index is 584. The van der Waals surface area contributed by atoms with Crippen LogP contribution in [0.1, 0.15) is 22.7 Å². The maximum Gasteiger partial charge on any atom is 0.142 e. The molecule has 0 bridgehead atoms.